The fraction of sp³-hybridized carbons (Fsp3) is 0.267. The van der Waals surface area contributed by atoms with Crippen LogP contribution in [0.3, 0.4) is 0 Å². The van der Waals surface area contributed by atoms with Crippen LogP contribution >= 0.6 is 0 Å². The molecule has 0 saturated carbocycles. The zero-order valence-electron chi connectivity index (χ0n) is 10.7. The maximum absolute atomic E-state index is 12.2. The molecule has 0 aromatic heterocycles. The highest BCUT2D eigenvalue weighted by Crippen LogP contribution is 2.23. The molecule has 3 N–H and O–H groups in total. The SMILES string of the molecule is N[C@H]1CCN(C(=O)Nc2cccc3ccccc23)C1. The van der Waals surface area contributed by atoms with E-state index in [1.807, 2.05) is 42.5 Å². The number of likely N-dealkylation sites (tertiary alicyclic amines) is 1. The van der Waals surface area contributed by atoms with E-state index in [4.69, 9.17) is 5.73 Å². The largest absolute Gasteiger partial charge is 0.326 e. The van der Waals surface area contributed by atoms with Gasteiger partial charge in [-0.1, -0.05) is 36.4 Å². The smallest absolute Gasteiger partial charge is 0.321 e. The molecule has 1 aliphatic rings. The number of nitrogens with zero attached hydrogens (tertiary/aromatic N) is 1. The van der Waals surface area contributed by atoms with Crippen molar-refractivity contribution in [3.05, 3.63) is 42.5 Å². The van der Waals surface area contributed by atoms with Crippen molar-refractivity contribution in [3.63, 3.8) is 0 Å². The lowest BCUT2D eigenvalue weighted by atomic mass is 10.1. The summed E-state index contributed by atoms with van der Waals surface area (Å²) in [4.78, 5) is 13.9. The van der Waals surface area contributed by atoms with E-state index in [0.717, 1.165) is 29.4 Å². The summed E-state index contributed by atoms with van der Waals surface area (Å²) in [5, 5.41) is 5.16. The van der Waals surface area contributed by atoms with Gasteiger partial charge in [-0.2, -0.15) is 0 Å². The van der Waals surface area contributed by atoms with Crippen LogP contribution in [0.25, 0.3) is 10.8 Å². The Morgan fingerprint density at radius 2 is 2.00 bits per heavy atom. The lowest BCUT2D eigenvalue weighted by molar-refractivity contribution is 0.222. The number of hydrogen-bond acceptors (Lipinski definition) is 2. The van der Waals surface area contributed by atoms with Gasteiger partial charge in [-0.25, -0.2) is 4.79 Å². The molecule has 2 aromatic rings. The summed E-state index contributed by atoms with van der Waals surface area (Å²) in [7, 11) is 0. The van der Waals surface area contributed by atoms with Crippen LogP contribution in [-0.4, -0.2) is 30.1 Å². The quantitative estimate of drug-likeness (QED) is 0.822. The number of benzene rings is 2. The second-order valence-corrected chi connectivity index (χ2v) is 4.95. The molecule has 1 aliphatic heterocycles. The van der Waals surface area contributed by atoms with Crippen LogP contribution < -0.4 is 11.1 Å². The van der Waals surface area contributed by atoms with Gasteiger partial charge in [0.05, 0.1) is 5.69 Å². The van der Waals surface area contributed by atoms with Gasteiger partial charge in [-0.15, -0.1) is 0 Å². The Morgan fingerprint density at radius 1 is 1.21 bits per heavy atom. The Kier molecular flexibility index (Phi) is 3.09. The van der Waals surface area contributed by atoms with Crippen LogP contribution in [0.2, 0.25) is 0 Å². The normalized spacial score (nSPS) is 18.8. The van der Waals surface area contributed by atoms with Crippen LogP contribution in [0.5, 0.6) is 0 Å². The first-order chi connectivity index (χ1) is 9.24. The van der Waals surface area contributed by atoms with E-state index in [2.05, 4.69) is 5.32 Å². The number of rotatable bonds is 1. The molecule has 1 heterocycles. The van der Waals surface area contributed by atoms with Crippen LogP contribution in [0.1, 0.15) is 6.42 Å². The van der Waals surface area contributed by atoms with E-state index in [-0.39, 0.29) is 12.1 Å². The molecule has 2 amide bonds. The van der Waals surface area contributed by atoms with Gasteiger partial charge in [-0.05, 0) is 17.9 Å². The molecule has 4 nitrogen and oxygen atoms in total. The first-order valence-corrected chi connectivity index (χ1v) is 6.53. The fourth-order valence-corrected chi connectivity index (χ4v) is 2.50. The second-order valence-electron chi connectivity index (χ2n) is 4.95. The number of hydrogen-bond donors (Lipinski definition) is 2. The average Bonchev–Trinajstić information content (AvgIpc) is 2.86. The third-order valence-corrected chi connectivity index (χ3v) is 3.54. The predicted octanol–water partition coefficient (Wildman–Crippen LogP) is 2.40. The molecule has 98 valence electrons. The summed E-state index contributed by atoms with van der Waals surface area (Å²) < 4.78 is 0. The van der Waals surface area contributed by atoms with Gasteiger partial charge in [0.25, 0.3) is 0 Å². The van der Waals surface area contributed by atoms with Crippen molar-refractivity contribution in [3.8, 4) is 0 Å². The number of amides is 2. The standard InChI is InChI=1S/C15H17N3O/c16-12-8-9-18(10-12)15(19)17-14-7-3-5-11-4-1-2-6-13(11)14/h1-7,12H,8-10,16H2,(H,17,19)/t12-/m0/s1. The van der Waals surface area contributed by atoms with Crippen molar-refractivity contribution in [2.75, 3.05) is 18.4 Å². The van der Waals surface area contributed by atoms with Crippen molar-refractivity contribution in [1.29, 1.82) is 0 Å². The summed E-state index contributed by atoms with van der Waals surface area (Å²) in [5.41, 5.74) is 6.68. The first kappa shape index (κ1) is 12.0. The van der Waals surface area contributed by atoms with E-state index >= 15 is 0 Å². The highest BCUT2D eigenvalue weighted by Gasteiger charge is 2.23. The van der Waals surface area contributed by atoms with Crippen molar-refractivity contribution < 1.29 is 4.79 Å². The third kappa shape index (κ3) is 2.39. The number of carbonyl (C=O) groups is 1. The topological polar surface area (TPSA) is 58.4 Å². The van der Waals surface area contributed by atoms with Crippen molar-refractivity contribution >= 4 is 22.5 Å². The van der Waals surface area contributed by atoms with Crippen molar-refractivity contribution in [1.82, 2.24) is 4.90 Å². The molecule has 0 bridgehead atoms. The van der Waals surface area contributed by atoms with Crippen molar-refractivity contribution in [2.24, 2.45) is 5.73 Å². The van der Waals surface area contributed by atoms with E-state index in [1.165, 1.54) is 0 Å². The van der Waals surface area contributed by atoms with E-state index in [1.54, 1.807) is 4.90 Å². The number of carbonyl (C=O) groups excluding carboxylic acids is 1. The van der Waals surface area contributed by atoms with Gasteiger partial charge in [0.2, 0.25) is 0 Å². The van der Waals surface area contributed by atoms with Gasteiger partial charge in [0.15, 0.2) is 0 Å². The predicted molar refractivity (Wildman–Crippen MR) is 77.1 cm³/mol. The lowest BCUT2D eigenvalue weighted by Crippen LogP contribution is -2.35. The summed E-state index contributed by atoms with van der Waals surface area (Å²) in [6.07, 6.45) is 0.878. The van der Waals surface area contributed by atoms with Gasteiger partial charge in [0.1, 0.15) is 0 Å². The molecule has 3 rings (SSSR count). The average molecular weight is 255 g/mol. The maximum atomic E-state index is 12.2. The Labute approximate surface area is 112 Å². The second kappa shape index (κ2) is 4.90. The van der Waals surface area contributed by atoms with E-state index in [0.29, 0.717) is 6.54 Å². The number of urea groups is 1. The molecular weight excluding hydrogens is 238 g/mol. The molecule has 1 fully saturated rings. The van der Waals surface area contributed by atoms with E-state index < -0.39 is 0 Å². The van der Waals surface area contributed by atoms with Gasteiger partial charge < -0.3 is 16.0 Å². The van der Waals surface area contributed by atoms with Crippen LogP contribution in [-0.2, 0) is 0 Å². The number of fused-ring (bicyclic) bond motifs is 1. The molecule has 0 aliphatic carbocycles. The summed E-state index contributed by atoms with van der Waals surface area (Å²) in [6, 6.07) is 14.0. The Balaban J connectivity index is 1.83. The number of anilines is 1. The molecule has 1 saturated heterocycles. The highest BCUT2D eigenvalue weighted by molar-refractivity contribution is 6.01. The minimum Gasteiger partial charge on any atom is -0.326 e. The molecule has 1 atom stereocenters. The fourth-order valence-electron chi connectivity index (χ4n) is 2.50. The number of nitrogens with two attached hydrogens (primary N) is 1. The van der Waals surface area contributed by atoms with Gasteiger partial charge >= 0.3 is 6.03 Å². The highest BCUT2D eigenvalue weighted by atomic mass is 16.2. The molecule has 4 heteroatoms. The van der Waals surface area contributed by atoms with Crippen LogP contribution in [0, 0.1) is 0 Å². The molecule has 0 spiro atoms. The Bertz CT molecular complexity index is 606. The molecular formula is C15H17N3O. The van der Waals surface area contributed by atoms with Crippen LogP contribution in [0.4, 0.5) is 10.5 Å². The van der Waals surface area contributed by atoms with Crippen LogP contribution in [0.15, 0.2) is 42.5 Å². The molecule has 0 radical (unpaired) electrons. The van der Waals surface area contributed by atoms with Crippen molar-refractivity contribution in [2.45, 2.75) is 12.5 Å². The van der Waals surface area contributed by atoms with Gasteiger partial charge in [0, 0.05) is 24.5 Å². The molecule has 19 heavy (non-hydrogen) atoms. The Morgan fingerprint density at radius 3 is 2.79 bits per heavy atom. The zero-order valence-corrected chi connectivity index (χ0v) is 10.7. The lowest BCUT2D eigenvalue weighted by Gasteiger charge is -2.17. The minimum absolute atomic E-state index is 0.0655. The van der Waals surface area contributed by atoms with Gasteiger partial charge in [-0.3, -0.25) is 0 Å². The first-order valence-electron chi connectivity index (χ1n) is 6.53. The monoisotopic (exact) mass is 255 g/mol. The third-order valence-electron chi connectivity index (χ3n) is 3.54. The minimum atomic E-state index is -0.0655. The maximum Gasteiger partial charge on any atom is 0.321 e. The van der Waals surface area contributed by atoms with E-state index in [9.17, 15) is 4.79 Å². The number of nitrogens with one attached hydrogen (secondary N) is 1. The summed E-state index contributed by atoms with van der Waals surface area (Å²) >= 11 is 0. The zero-order chi connectivity index (χ0) is 13.2. The summed E-state index contributed by atoms with van der Waals surface area (Å²) in [6.45, 7) is 1.37. The molecule has 2 aromatic carbocycles. The Hall–Kier alpha value is -2.07. The molecule has 0 unspecified atom stereocenters. The summed E-state index contributed by atoms with van der Waals surface area (Å²) in [5.74, 6) is 0.